The lowest BCUT2D eigenvalue weighted by Gasteiger charge is -2.29. The maximum atomic E-state index is 13.5. The molecule has 6 heteroatoms. The van der Waals surface area contributed by atoms with Crippen molar-refractivity contribution in [2.24, 2.45) is 5.92 Å². The van der Waals surface area contributed by atoms with Gasteiger partial charge in [0.15, 0.2) is 0 Å². The van der Waals surface area contributed by atoms with Crippen LogP contribution in [-0.2, 0) is 16.8 Å². The smallest absolute Gasteiger partial charge is 0.237 e. The van der Waals surface area contributed by atoms with Crippen LogP contribution < -0.4 is 5.32 Å². The second-order valence-electron chi connectivity index (χ2n) is 12.1. The fourth-order valence-electron chi connectivity index (χ4n) is 4.99. The quantitative estimate of drug-likeness (QED) is 0.222. The average Bonchev–Trinajstić information content (AvgIpc) is 2.88. The van der Waals surface area contributed by atoms with E-state index in [0.717, 1.165) is 30.4 Å². The molecule has 0 bridgehead atoms. The molecule has 218 valence electrons. The van der Waals surface area contributed by atoms with E-state index in [1.165, 1.54) is 35.4 Å². The van der Waals surface area contributed by atoms with Gasteiger partial charge in [0.1, 0.15) is 11.6 Å². The van der Waals surface area contributed by atoms with Crippen molar-refractivity contribution in [3.05, 3.63) is 107 Å². The lowest BCUT2D eigenvalue weighted by molar-refractivity contribution is -0.126. The second kappa shape index (κ2) is 15.3. The molecule has 3 aromatic carbocycles. The van der Waals surface area contributed by atoms with Gasteiger partial charge in [-0.15, -0.1) is 12.4 Å². The summed E-state index contributed by atoms with van der Waals surface area (Å²) in [5.74, 6) is -0.151. The van der Waals surface area contributed by atoms with Gasteiger partial charge in [0.05, 0.1) is 6.04 Å². The number of nitrogens with zero attached hydrogens (tertiary/aromatic N) is 1. The van der Waals surface area contributed by atoms with Gasteiger partial charge in [-0.1, -0.05) is 83.1 Å². The standard InChI is InChI=1S/C34H44F2N2O.ClH/c1-24(2)22-32(38(6)23-25-9-15-28(16-10-25)34(3,4)5)33(39)37-21-7-8-31(26-11-17-29(35)18-12-26)27-13-19-30(36)20-14-27;/h9-20,24,31-32H,7-8,21-23H2,1-6H3,(H,37,39);1H/t32-;/m0./s1. The number of nitrogens with one attached hydrogen (secondary N) is 1. The number of halogens is 3. The normalized spacial score (nSPS) is 12.5. The van der Waals surface area contributed by atoms with Gasteiger partial charge in [-0.2, -0.15) is 0 Å². The van der Waals surface area contributed by atoms with Gasteiger partial charge in [0.25, 0.3) is 0 Å². The third-order valence-electron chi connectivity index (χ3n) is 7.29. The molecule has 0 aromatic heterocycles. The predicted molar refractivity (Wildman–Crippen MR) is 164 cm³/mol. The van der Waals surface area contributed by atoms with E-state index in [1.54, 1.807) is 24.3 Å². The van der Waals surface area contributed by atoms with Crippen molar-refractivity contribution in [3.8, 4) is 0 Å². The van der Waals surface area contributed by atoms with Gasteiger partial charge in [-0.3, -0.25) is 9.69 Å². The van der Waals surface area contributed by atoms with Crippen LogP contribution in [0.25, 0.3) is 0 Å². The Morgan fingerprint density at radius 3 is 1.80 bits per heavy atom. The SMILES string of the molecule is CC(C)C[C@@H](C(=O)NCCCC(c1ccc(F)cc1)c1ccc(F)cc1)N(C)Cc1ccc(C(C)(C)C)cc1.Cl. The number of amides is 1. The number of carbonyl (C=O) groups is 1. The highest BCUT2D eigenvalue weighted by molar-refractivity contribution is 5.85. The monoisotopic (exact) mass is 570 g/mol. The molecule has 0 aliphatic rings. The topological polar surface area (TPSA) is 32.3 Å². The first-order valence-electron chi connectivity index (χ1n) is 14.0. The van der Waals surface area contributed by atoms with Gasteiger partial charge in [-0.25, -0.2) is 8.78 Å². The third-order valence-corrected chi connectivity index (χ3v) is 7.29. The molecule has 0 aliphatic heterocycles. The van der Waals surface area contributed by atoms with E-state index in [4.69, 9.17) is 0 Å². The van der Waals surface area contributed by atoms with Crippen molar-refractivity contribution < 1.29 is 13.6 Å². The molecule has 0 aliphatic carbocycles. The van der Waals surface area contributed by atoms with E-state index < -0.39 is 0 Å². The lowest BCUT2D eigenvalue weighted by atomic mass is 9.86. The summed E-state index contributed by atoms with van der Waals surface area (Å²) < 4.78 is 27.1. The molecule has 0 heterocycles. The van der Waals surface area contributed by atoms with E-state index in [0.29, 0.717) is 19.0 Å². The molecule has 40 heavy (non-hydrogen) atoms. The summed E-state index contributed by atoms with van der Waals surface area (Å²) in [4.78, 5) is 15.5. The van der Waals surface area contributed by atoms with Crippen molar-refractivity contribution in [1.82, 2.24) is 10.2 Å². The van der Waals surface area contributed by atoms with Crippen molar-refractivity contribution >= 4 is 18.3 Å². The summed E-state index contributed by atoms with van der Waals surface area (Å²) in [5, 5.41) is 3.16. The number of rotatable bonds is 12. The Labute approximate surface area is 245 Å². The van der Waals surface area contributed by atoms with Crippen molar-refractivity contribution in [3.63, 3.8) is 0 Å². The van der Waals surface area contributed by atoms with Gasteiger partial charge in [-0.05, 0) is 84.2 Å². The van der Waals surface area contributed by atoms with Crippen molar-refractivity contribution in [2.75, 3.05) is 13.6 Å². The fourth-order valence-corrected chi connectivity index (χ4v) is 4.99. The minimum absolute atomic E-state index is 0. The van der Waals surface area contributed by atoms with Crippen LogP contribution in [0.2, 0.25) is 0 Å². The highest BCUT2D eigenvalue weighted by Crippen LogP contribution is 2.29. The lowest BCUT2D eigenvalue weighted by Crippen LogP contribution is -2.45. The van der Waals surface area contributed by atoms with Crippen LogP contribution in [-0.4, -0.2) is 30.4 Å². The number of hydrogen-bond donors (Lipinski definition) is 1. The van der Waals surface area contributed by atoms with E-state index in [1.807, 2.05) is 7.05 Å². The Bertz CT molecular complexity index is 1130. The van der Waals surface area contributed by atoms with Crippen LogP contribution in [0.5, 0.6) is 0 Å². The summed E-state index contributed by atoms with van der Waals surface area (Å²) in [6.07, 6.45) is 2.27. The summed E-state index contributed by atoms with van der Waals surface area (Å²) in [7, 11) is 2.02. The molecule has 0 saturated heterocycles. The van der Waals surface area contributed by atoms with Crippen LogP contribution in [0.3, 0.4) is 0 Å². The zero-order chi connectivity index (χ0) is 28.6. The summed E-state index contributed by atoms with van der Waals surface area (Å²) in [6.45, 7) is 12.1. The Balaban J connectivity index is 0.00000560. The first-order valence-corrected chi connectivity index (χ1v) is 14.0. The van der Waals surface area contributed by atoms with Gasteiger partial charge < -0.3 is 5.32 Å². The highest BCUT2D eigenvalue weighted by atomic mass is 35.5. The van der Waals surface area contributed by atoms with Crippen LogP contribution in [0.1, 0.15) is 82.1 Å². The first-order chi connectivity index (χ1) is 18.4. The maximum Gasteiger partial charge on any atom is 0.237 e. The second-order valence-corrected chi connectivity index (χ2v) is 12.1. The Morgan fingerprint density at radius 2 is 1.35 bits per heavy atom. The van der Waals surface area contributed by atoms with Crippen LogP contribution >= 0.6 is 12.4 Å². The molecule has 1 atom stereocenters. The minimum Gasteiger partial charge on any atom is -0.355 e. The molecule has 1 amide bonds. The molecule has 3 aromatic rings. The maximum absolute atomic E-state index is 13.5. The molecular formula is C34H45ClF2N2O. The van der Waals surface area contributed by atoms with E-state index in [9.17, 15) is 13.6 Å². The van der Waals surface area contributed by atoms with Crippen LogP contribution in [0.4, 0.5) is 8.78 Å². The van der Waals surface area contributed by atoms with E-state index >= 15 is 0 Å². The Hall–Kier alpha value is -2.76. The van der Waals surface area contributed by atoms with Gasteiger partial charge in [0, 0.05) is 19.0 Å². The van der Waals surface area contributed by atoms with Gasteiger partial charge >= 0.3 is 0 Å². The summed E-state index contributed by atoms with van der Waals surface area (Å²) in [5.41, 5.74) is 4.54. The largest absolute Gasteiger partial charge is 0.355 e. The number of hydrogen-bond acceptors (Lipinski definition) is 2. The number of benzene rings is 3. The highest BCUT2D eigenvalue weighted by Gasteiger charge is 2.25. The molecule has 3 rings (SSSR count). The number of carbonyl (C=O) groups excluding carboxylic acids is 1. The van der Waals surface area contributed by atoms with E-state index in [2.05, 4.69) is 69.1 Å². The zero-order valence-corrected chi connectivity index (χ0v) is 25.5. The van der Waals surface area contributed by atoms with E-state index in [-0.39, 0.29) is 47.3 Å². The minimum atomic E-state index is -0.283. The third kappa shape index (κ3) is 10.0. The Kier molecular flexibility index (Phi) is 12.8. The average molecular weight is 571 g/mol. The molecule has 0 spiro atoms. The van der Waals surface area contributed by atoms with Crippen molar-refractivity contribution in [1.29, 1.82) is 0 Å². The first kappa shape index (κ1) is 33.4. The number of likely N-dealkylation sites (N-methyl/N-ethyl adjacent to an activating group) is 1. The van der Waals surface area contributed by atoms with Crippen LogP contribution in [0, 0.1) is 17.6 Å². The molecule has 0 unspecified atom stereocenters. The zero-order valence-electron chi connectivity index (χ0n) is 24.7. The molecule has 0 saturated carbocycles. The van der Waals surface area contributed by atoms with Crippen molar-refractivity contribution in [2.45, 2.75) is 77.8 Å². The summed E-state index contributed by atoms with van der Waals surface area (Å²) >= 11 is 0. The Morgan fingerprint density at radius 1 is 0.850 bits per heavy atom. The fraction of sp³-hybridized carbons (Fsp3) is 0.441. The van der Waals surface area contributed by atoms with Gasteiger partial charge in [0.2, 0.25) is 5.91 Å². The molecule has 0 radical (unpaired) electrons. The molecule has 0 fully saturated rings. The summed E-state index contributed by atoms with van der Waals surface area (Å²) in [6, 6.07) is 21.4. The van der Waals surface area contributed by atoms with Crippen LogP contribution in [0.15, 0.2) is 72.8 Å². The molecular weight excluding hydrogens is 526 g/mol. The predicted octanol–water partition coefficient (Wildman–Crippen LogP) is 8.26. The molecule has 3 nitrogen and oxygen atoms in total. The molecule has 1 N–H and O–H groups in total.